The number of anilines is 1. The summed E-state index contributed by atoms with van der Waals surface area (Å²) in [6.45, 7) is 5.03. The molecule has 178 valence electrons. The molecule has 3 atom stereocenters. The van der Waals surface area contributed by atoms with Gasteiger partial charge in [0.1, 0.15) is 0 Å². The highest BCUT2D eigenvalue weighted by atomic mass is 31.2. The van der Waals surface area contributed by atoms with E-state index in [1.54, 1.807) is 51.1 Å². The molecule has 0 bridgehead atoms. The molecule has 2 aromatic carbocycles. The average molecular weight is 485 g/mol. The number of nitro groups is 1. The number of imide groups is 1. The predicted octanol–water partition coefficient (Wildman–Crippen LogP) is 4.21. The van der Waals surface area contributed by atoms with Crippen molar-refractivity contribution >= 4 is 37.0 Å². The van der Waals surface area contributed by atoms with Crippen LogP contribution in [-0.4, -0.2) is 36.2 Å². The first-order chi connectivity index (χ1) is 16.2. The molecule has 2 heterocycles. The van der Waals surface area contributed by atoms with E-state index in [-0.39, 0.29) is 24.6 Å². The van der Waals surface area contributed by atoms with Gasteiger partial charge in [-0.15, -0.1) is 0 Å². The molecule has 0 radical (unpaired) electrons. The van der Waals surface area contributed by atoms with Crippen molar-refractivity contribution in [1.29, 1.82) is 0 Å². The van der Waals surface area contributed by atoms with Crippen LogP contribution in [0, 0.1) is 28.9 Å². The first kappa shape index (κ1) is 23.9. The average Bonchev–Trinajstić information content (AvgIpc) is 3.33. The van der Waals surface area contributed by atoms with Crippen LogP contribution in [-0.2, 0) is 28.5 Å². The standard InChI is InChI=1S/C23H24N3O7P/c1-4-32-34(31,33-5-2)23(16-9-7-6-8-10-16)20-18(14-24-23)21(27)25(22(20)28)19-13-17(26(29)30)12-11-15(19)3/h6-14,18,20H,4-5H2,1-3H3. The van der Waals surface area contributed by atoms with Gasteiger partial charge in [-0.1, -0.05) is 36.4 Å². The predicted molar refractivity (Wildman–Crippen MR) is 125 cm³/mol. The van der Waals surface area contributed by atoms with Gasteiger partial charge in [-0.3, -0.25) is 29.3 Å². The van der Waals surface area contributed by atoms with Gasteiger partial charge >= 0.3 is 7.60 Å². The molecule has 1 fully saturated rings. The molecule has 0 saturated carbocycles. The fraction of sp³-hybridized carbons (Fsp3) is 0.348. The van der Waals surface area contributed by atoms with Crippen LogP contribution in [0.1, 0.15) is 25.0 Å². The second kappa shape index (κ2) is 8.87. The SMILES string of the molecule is CCOP(=O)(OCC)C1(c2ccccc2)N=CC2C(=O)N(c3cc([N+](=O)[O-])ccc3C)C(=O)C21. The summed E-state index contributed by atoms with van der Waals surface area (Å²) in [5.74, 6) is -3.50. The van der Waals surface area contributed by atoms with E-state index in [4.69, 9.17) is 9.05 Å². The fourth-order valence-electron chi connectivity index (χ4n) is 4.64. The van der Waals surface area contributed by atoms with E-state index < -0.39 is 41.4 Å². The smallest absolute Gasteiger partial charge is 0.307 e. The summed E-state index contributed by atoms with van der Waals surface area (Å²) in [6.07, 6.45) is 1.33. The van der Waals surface area contributed by atoms with E-state index >= 15 is 0 Å². The lowest BCUT2D eigenvalue weighted by Gasteiger charge is -2.37. The summed E-state index contributed by atoms with van der Waals surface area (Å²) in [4.78, 5) is 43.5. The van der Waals surface area contributed by atoms with Crippen LogP contribution in [0.15, 0.2) is 53.5 Å². The van der Waals surface area contributed by atoms with Crippen LogP contribution < -0.4 is 4.90 Å². The Kier molecular flexibility index (Phi) is 6.24. The van der Waals surface area contributed by atoms with Crippen molar-refractivity contribution < 1.29 is 28.1 Å². The highest BCUT2D eigenvalue weighted by Crippen LogP contribution is 2.72. The Morgan fingerprint density at radius 2 is 1.74 bits per heavy atom. The molecule has 0 spiro atoms. The molecule has 1 saturated heterocycles. The number of non-ortho nitro benzene ring substituents is 1. The second-order valence-electron chi connectivity index (χ2n) is 7.95. The summed E-state index contributed by atoms with van der Waals surface area (Å²) in [5, 5.41) is 9.55. The number of hydrogen-bond acceptors (Lipinski definition) is 8. The number of carbonyl (C=O) groups excluding carboxylic acids is 2. The zero-order valence-electron chi connectivity index (χ0n) is 18.9. The molecule has 0 aliphatic carbocycles. The molecule has 0 aromatic heterocycles. The zero-order valence-corrected chi connectivity index (χ0v) is 19.8. The lowest BCUT2D eigenvalue weighted by atomic mass is 9.87. The number of aliphatic imine (C=N–C) groups is 1. The largest absolute Gasteiger partial charge is 0.363 e. The van der Waals surface area contributed by atoms with Crippen molar-refractivity contribution in [2.75, 3.05) is 18.1 Å². The minimum Gasteiger partial charge on any atom is -0.307 e. The van der Waals surface area contributed by atoms with Gasteiger partial charge in [0.05, 0.1) is 35.7 Å². The summed E-state index contributed by atoms with van der Waals surface area (Å²) in [6, 6.07) is 12.5. The number of nitro benzene ring substituents is 1. The molecule has 0 N–H and O–H groups in total. The monoisotopic (exact) mass is 485 g/mol. The van der Waals surface area contributed by atoms with Gasteiger partial charge in [-0.05, 0) is 31.9 Å². The van der Waals surface area contributed by atoms with Crippen molar-refractivity contribution in [3.63, 3.8) is 0 Å². The zero-order chi connectivity index (χ0) is 24.7. The maximum atomic E-state index is 14.3. The number of hydrogen-bond donors (Lipinski definition) is 0. The molecular formula is C23H24N3O7P. The van der Waals surface area contributed by atoms with Crippen LogP contribution in [0.2, 0.25) is 0 Å². The van der Waals surface area contributed by atoms with Gasteiger partial charge in [0.15, 0.2) is 5.28 Å². The first-order valence-electron chi connectivity index (χ1n) is 10.8. The summed E-state index contributed by atoms with van der Waals surface area (Å²) < 4.78 is 25.6. The maximum absolute atomic E-state index is 14.3. The topological polar surface area (TPSA) is 128 Å². The summed E-state index contributed by atoms with van der Waals surface area (Å²) in [7, 11) is -4.11. The minimum absolute atomic E-state index is 0.0363. The Hall–Kier alpha value is -3.20. The third kappa shape index (κ3) is 3.41. The molecule has 34 heavy (non-hydrogen) atoms. The lowest BCUT2D eigenvalue weighted by Crippen LogP contribution is -2.40. The van der Waals surface area contributed by atoms with E-state index in [0.29, 0.717) is 11.1 Å². The number of benzene rings is 2. The van der Waals surface area contributed by atoms with Gasteiger partial charge in [0, 0.05) is 18.3 Å². The van der Waals surface area contributed by atoms with E-state index in [2.05, 4.69) is 4.99 Å². The van der Waals surface area contributed by atoms with Gasteiger partial charge in [0.2, 0.25) is 11.8 Å². The van der Waals surface area contributed by atoms with Gasteiger partial charge in [0.25, 0.3) is 5.69 Å². The quantitative estimate of drug-likeness (QED) is 0.237. The van der Waals surface area contributed by atoms with Crippen molar-refractivity contribution in [1.82, 2.24) is 0 Å². The van der Waals surface area contributed by atoms with Gasteiger partial charge in [-0.25, -0.2) is 4.90 Å². The third-order valence-electron chi connectivity index (χ3n) is 6.08. The molecule has 11 heteroatoms. The Balaban J connectivity index is 1.92. The molecular weight excluding hydrogens is 461 g/mol. The molecule has 2 aliphatic heterocycles. The van der Waals surface area contributed by atoms with Gasteiger partial charge in [-0.2, -0.15) is 0 Å². The van der Waals surface area contributed by atoms with Crippen LogP contribution in [0.5, 0.6) is 0 Å². The van der Waals surface area contributed by atoms with Crippen molar-refractivity contribution in [2.24, 2.45) is 16.8 Å². The Morgan fingerprint density at radius 1 is 1.09 bits per heavy atom. The first-order valence-corrected chi connectivity index (χ1v) is 12.4. The van der Waals surface area contributed by atoms with Crippen molar-refractivity contribution in [3.05, 3.63) is 69.8 Å². The molecule has 10 nitrogen and oxygen atoms in total. The fourth-order valence-corrected chi connectivity index (χ4v) is 7.07. The number of fused-ring (bicyclic) bond motifs is 1. The molecule has 3 unspecified atom stereocenters. The number of nitrogens with zero attached hydrogens (tertiary/aromatic N) is 3. The normalized spacial score (nSPS) is 24.0. The number of aryl methyl sites for hydroxylation is 1. The highest BCUT2D eigenvalue weighted by molar-refractivity contribution is 7.55. The molecule has 2 aliphatic rings. The minimum atomic E-state index is -4.11. The van der Waals surface area contributed by atoms with E-state index in [1.807, 2.05) is 0 Å². The lowest BCUT2D eigenvalue weighted by molar-refractivity contribution is -0.384. The van der Waals surface area contributed by atoms with E-state index in [9.17, 15) is 24.3 Å². The number of rotatable bonds is 8. The second-order valence-corrected chi connectivity index (χ2v) is 10.1. The number of amides is 2. The van der Waals surface area contributed by atoms with Crippen LogP contribution >= 0.6 is 7.60 Å². The molecule has 2 aromatic rings. The van der Waals surface area contributed by atoms with Crippen molar-refractivity contribution in [3.8, 4) is 0 Å². The highest BCUT2D eigenvalue weighted by Gasteiger charge is 2.69. The maximum Gasteiger partial charge on any atom is 0.363 e. The van der Waals surface area contributed by atoms with Crippen LogP contribution in [0.3, 0.4) is 0 Å². The Bertz CT molecular complexity index is 1220. The third-order valence-corrected chi connectivity index (χ3v) is 8.76. The van der Waals surface area contributed by atoms with E-state index in [1.165, 1.54) is 24.4 Å². The van der Waals surface area contributed by atoms with Crippen LogP contribution in [0.25, 0.3) is 0 Å². The number of carbonyl (C=O) groups is 2. The molecule has 2 amide bonds. The Morgan fingerprint density at radius 3 is 2.32 bits per heavy atom. The van der Waals surface area contributed by atoms with Crippen molar-refractivity contribution in [2.45, 2.75) is 26.1 Å². The Labute approximate surface area is 196 Å². The molecule has 4 rings (SSSR count). The van der Waals surface area contributed by atoms with E-state index in [0.717, 1.165) is 4.90 Å². The summed E-state index contributed by atoms with van der Waals surface area (Å²) in [5.41, 5.74) is 0.780. The summed E-state index contributed by atoms with van der Waals surface area (Å²) >= 11 is 0. The van der Waals surface area contributed by atoms with Gasteiger partial charge < -0.3 is 9.05 Å². The van der Waals surface area contributed by atoms with Crippen LogP contribution in [0.4, 0.5) is 11.4 Å².